The smallest absolute Gasteiger partial charge is 0.226 e. The number of H-pyrrole nitrogens is 1. The number of benzene rings is 1. The molecular weight excluding hydrogens is 314 g/mol. The summed E-state index contributed by atoms with van der Waals surface area (Å²) in [6.45, 7) is 3.28. The lowest BCUT2D eigenvalue weighted by molar-refractivity contribution is 0.470. The second-order valence-corrected chi connectivity index (χ2v) is 6.80. The SMILES string of the molecule is C[C@H]1CCN1c1nc2c(c(-c3cccc(-c4nn[nH]n4)c3)n1)CCC2. The Hall–Kier alpha value is -2.83. The van der Waals surface area contributed by atoms with Gasteiger partial charge in [0.05, 0.1) is 5.69 Å². The zero-order valence-corrected chi connectivity index (χ0v) is 14.1. The van der Waals surface area contributed by atoms with Crippen molar-refractivity contribution in [2.45, 2.75) is 38.6 Å². The first kappa shape index (κ1) is 14.5. The van der Waals surface area contributed by atoms with E-state index in [1.807, 2.05) is 12.1 Å². The van der Waals surface area contributed by atoms with E-state index in [4.69, 9.17) is 9.97 Å². The summed E-state index contributed by atoms with van der Waals surface area (Å²) in [7, 11) is 0. The summed E-state index contributed by atoms with van der Waals surface area (Å²) in [5, 5.41) is 14.3. The predicted molar refractivity (Wildman–Crippen MR) is 94.1 cm³/mol. The highest BCUT2D eigenvalue weighted by Crippen LogP contribution is 2.34. The van der Waals surface area contributed by atoms with E-state index in [1.54, 1.807) is 0 Å². The average Bonchev–Trinajstić information content (AvgIpc) is 3.31. The maximum Gasteiger partial charge on any atom is 0.226 e. The molecule has 1 atom stereocenters. The van der Waals surface area contributed by atoms with Gasteiger partial charge in [-0.2, -0.15) is 5.21 Å². The van der Waals surface area contributed by atoms with Crippen LogP contribution in [0.2, 0.25) is 0 Å². The van der Waals surface area contributed by atoms with Gasteiger partial charge in [0.25, 0.3) is 0 Å². The molecule has 3 heterocycles. The van der Waals surface area contributed by atoms with Crippen LogP contribution in [0.15, 0.2) is 24.3 Å². The normalized spacial score (nSPS) is 18.9. The number of fused-ring (bicyclic) bond motifs is 1. The molecule has 1 aliphatic heterocycles. The van der Waals surface area contributed by atoms with Gasteiger partial charge in [0.15, 0.2) is 0 Å². The number of aromatic amines is 1. The standard InChI is InChI=1S/C18H19N7/c1-11-8-9-25(11)18-19-15-7-3-6-14(15)16(20-18)12-4-2-5-13(10-12)17-21-23-24-22-17/h2,4-5,10-11H,3,6-9H2,1H3,(H,21,22,23,24)/t11-/m0/s1. The van der Waals surface area contributed by atoms with Crippen LogP contribution in [0.3, 0.4) is 0 Å². The number of hydrogen-bond donors (Lipinski definition) is 1. The largest absolute Gasteiger partial charge is 0.338 e. The van der Waals surface area contributed by atoms with Crippen LogP contribution in [0.1, 0.15) is 31.0 Å². The van der Waals surface area contributed by atoms with E-state index in [9.17, 15) is 0 Å². The first-order chi connectivity index (χ1) is 12.3. The Morgan fingerprint density at radius 1 is 1.16 bits per heavy atom. The Kier molecular flexibility index (Phi) is 3.26. The maximum absolute atomic E-state index is 4.96. The first-order valence-corrected chi connectivity index (χ1v) is 8.80. The van der Waals surface area contributed by atoms with Gasteiger partial charge >= 0.3 is 0 Å². The van der Waals surface area contributed by atoms with E-state index in [2.05, 4.69) is 44.6 Å². The van der Waals surface area contributed by atoms with Crippen molar-refractivity contribution < 1.29 is 0 Å². The minimum Gasteiger partial charge on any atom is -0.338 e. The van der Waals surface area contributed by atoms with Crippen molar-refractivity contribution in [1.82, 2.24) is 30.6 Å². The molecule has 7 nitrogen and oxygen atoms in total. The summed E-state index contributed by atoms with van der Waals surface area (Å²) < 4.78 is 0. The summed E-state index contributed by atoms with van der Waals surface area (Å²) in [5.74, 6) is 1.48. The predicted octanol–water partition coefficient (Wildman–Crippen LogP) is 2.41. The fourth-order valence-corrected chi connectivity index (χ4v) is 3.69. The highest BCUT2D eigenvalue weighted by Gasteiger charge is 2.29. The van der Waals surface area contributed by atoms with Crippen molar-refractivity contribution in [2.75, 3.05) is 11.4 Å². The van der Waals surface area contributed by atoms with Crippen LogP contribution >= 0.6 is 0 Å². The minimum absolute atomic E-state index is 0.526. The highest BCUT2D eigenvalue weighted by atomic mass is 15.5. The fourth-order valence-electron chi connectivity index (χ4n) is 3.69. The van der Waals surface area contributed by atoms with E-state index in [0.29, 0.717) is 11.9 Å². The molecule has 0 spiro atoms. The van der Waals surface area contributed by atoms with Crippen LogP contribution in [0.5, 0.6) is 0 Å². The molecule has 1 saturated heterocycles. The van der Waals surface area contributed by atoms with Gasteiger partial charge in [-0.3, -0.25) is 0 Å². The summed E-state index contributed by atoms with van der Waals surface area (Å²) >= 11 is 0. The molecule has 25 heavy (non-hydrogen) atoms. The van der Waals surface area contributed by atoms with Gasteiger partial charge < -0.3 is 4.90 Å². The Balaban J connectivity index is 1.63. The lowest BCUT2D eigenvalue weighted by Gasteiger charge is -2.39. The number of hydrogen-bond acceptors (Lipinski definition) is 6. The molecule has 1 aliphatic carbocycles. The van der Waals surface area contributed by atoms with Crippen molar-refractivity contribution in [3.8, 4) is 22.6 Å². The molecule has 2 aromatic heterocycles. The zero-order chi connectivity index (χ0) is 16.8. The van der Waals surface area contributed by atoms with Crippen LogP contribution in [-0.2, 0) is 12.8 Å². The number of anilines is 1. The molecule has 1 fully saturated rings. The third-order valence-electron chi connectivity index (χ3n) is 5.24. The summed E-state index contributed by atoms with van der Waals surface area (Å²) in [5.41, 5.74) is 5.60. The molecule has 126 valence electrons. The molecule has 0 bridgehead atoms. The maximum atomic E-state index is 4.96. The van der Waals surface area contributed by atoms with Crippen molar-refractivity contribution in [3.63, 3.8) is 0 Å². The highest BCUT2D eigenvalue weighted by molar-refractivity contribution is 5.71. The van der Waals surface area contributed by atoms with Crippen LogP contribution in [0.25, 0.3) is 22.6 Å². The third-order valence-corrected chi connectivity index (χ3v) is 5.24. The average molecular weight is 333 g/mol. The van der Waals surface area contributed by atoms with E-state index < -0.39 is 0 Å². The van der Waals surface area contributed by atoms with Crippen LogP contribution in [0, 0.1) is 0 Å². The molecular formula is C18H19N7. The van der Waals surface area contributed by atoms with E-state index in [1.165, 1.54) is 17.7 Å². The van der Waals surface area contributed by atoms with Crippen molar-refractivity contribution in [2.24, 2.45) is 0 Å². The Morgan fingerprint density at radius 3 is 2.84 bits per heavy atom. The quantitative estimate of drug-likeness (QED) is 0.792. The first-order valence-electron chi connectivity index (χ1n) is 8.80. The molecule has 2 aliphatic rings. The topological polar surface area (TPSA) is 83.5 Å². The number of aromatic nitrogens is 6. The molecule has 0 radical (unpaired) electrons. The number of aryl methyl sites for hydroxylation is 1. The van der Waals surface area contributed by atoms with Crippen molar-refractivity contribution >= 4 is 5.95 Å². The Morgan fingerprint density at radius 2 is 2.08 bits per heavy atom. The number of nitrogens with zero attached hydrogens (tertiary/aromatic N) is 6. The van der Waals surface area contributed by atoms with Gasteiger partial charge in [0.2, 0.25) is 11.8 Å². The molecule has 7 heteroatoms. The molecule has 1 N–H and O–H groups in total. The lowest BCUT2D eigenvalue weighted by Crippen LogP contribution is -2.46. The van der Waals surface area contributed by atoms with Crippen molar-refractivity contribution in [1.29, 1.82) is 0 Å². The minimum atomic E-state index is 0.526. The van der Waals surface area contributed by atoms with Gasteiger partial charge in [0, 0.05) is 35.0 Å². The van der Waals surface area contributed by atoms with E-state index in [0.717, 1.165) is 48.6 Å². The van der Waals surface area contributed by atoms with Crippen LogP contribution in [0.4, 0.5) is 5.95 Å². The summed E-state index contributed by atoms with van der Waals surface area (Å²) in [6, 6.07) is 8.74. The molecule has 0 unspecified atom stereocenters. The fraction of sp³-hybridized carbons (Fsp3) is 0.389. The Labute approximate surface area is 145 Å². The number of rotatable bonds is 3. The summed E-state index contributed by atoms with van der Waals surface area (Å²) in [6.07, 6.45) is 4.46. The molecule has 1 aromatic carbocycles. The van der Waals surface area contributed by atoms with Crippen LogP contribution in [-0.4, -0.2) is 43.2 Å². The number of nitrogens with one attached hydrogen (secondary N) is 1. The van der Waals surface area contributed by atoms with Gasteiger partial charge in [-0.1, -0.05) is 18.2 Å². The molecule has 0 saturated carbocycles. The molecule has 0 amide bonds. The molecule has 3 aromatic rings. The lowest BCUT2D eigenvalue weighted by atomic mass is 10.0. The van der Waals surface area contributed by atoms with Gasteiger partial charge in [-0.15, -0.1) is 10.2 Å². The van der Waals surface area contributed by atoms with Gasteiger partial charge in [0.1, 0.15) is 0 Å². The second-order valence-electron chi connectivity index (χ2n) is 6.80. The van der Waals surface area contributed by atoms with Crippen molar-refractivity contribution in [3.05, 3.63) is 35.5 Å². The van der Waals surface area contributed by atoms with E-state index >= 15 is 0 Å². The van der Waals surface area contributed by atoms with E-state index in [-0.39, 0.29) is 0 Å². The van der Waals surface area contributed by atoms with Gasteiger partial charge in [-0.25, -0.2) is 9.97 Å². The number of tetrazole rings is 1. The second kappa shape index (κ2) is 5.61. The third kappa shape index (κ3) is 2.38. The molecule has 5 rings (SSSR count). The zero-order valence-electron chi connectivity index (χ0n) is 14.1. The Bertz CT molecular complexity index is 919. The van der Waals surface area contributed by atoms with Crippen LogP contribution < -0.4 is 4.90 Å². The monoisotopic (exact) mass is 333 g/mol. The van der Waals surface area contributed by atoms with Gasteiger partial charge in [-0.05, 0) is 43.9 Å². The summed E-state index contributed by atoms with van der Waals surface area (Å²) in [4.78, 5) is 12.1.